The van der Waals surface area contributed by atoms with E-state index in [0.717, 1.165) is 109 Å². The second-order valence-electron chi connectivity index (χ2n) is 29.5. The minimum Gasteiger partial charge on any atom is -0.508 e. The van der Waals surface area contributed by atoms with E-state index in [9.17, 15) is 48.6 Å². The molecular formula is C83H136N16O14. The van der Waals surface area contributed by atoms with Gasteiger partial charge in [-0.1, -0.05) is 102 Å². The van der Waals surface area contributed by atoms with Gasteiger partial charge in [-0.2, -0.15) is 0 Å². The van der Waals surface area contributed by atoms with Crippen molar-refractivity contribution in [3.8, 4) is 28.2 Å². The molecule has 0 fully saturated rings. The summed E-state index contributed by atoms with van der Waals surface area (Å²) in [5.41, 5.74) is 47.4. The molecule has 0 atom stereocenters. The number of aromatic carboxylic acids is 1. The van der Waals surface area contributed by atoms with Crippen LogP contribution in [0.15, 0.2) is 63.8 Å². The van der Waals surface area contributed by atoms with Crippen molar-refractivity contribution in [2.24, 2.45) is 45.9 Å². The number of phenols is 1. The minimum absolute atomic E-state index is 0.0804. The lowest BCUT2D eigenvalue weighted by Gasteiger charge is -2.32. The van der Waals surface area contributed by atoms with Crippen molar-refractivity contribution in [2.75, 3.05) is 144 Å². The van der Waals surface area contributed by atoms with E-state index in [2.05, 4.69) is 5.32 Å². The highest BCUT2D eigenvalue weighted by Gasteiger charge is 2.32. The molecule has 0 radical (unpaired) electrons. The first-order valence-electron chi connectivity index (χ1n) is 41.6. The molecule has 1 aliphatic carbocycles. The number of nitrogens with zero attached hydrogens (tertiary/aromatic N) is 7. The zero-order valence-electron chi connectivity index (χ0n) is 67.4. The Bertz CT molecular complexity index is 3540. The van der Waals surface area contributed by atoms with Crippen LogP contribution in [-0.2, 0) is 38.4 Å². The molecular weight excluding hydrogens is 1450 g/mol. The van der Waals surface area contributed by atoms with Crippen LogP contribution in [0.1, 0.15) is 226 Å². The number of carboxylic acids is 1. The van der Waals surface area contributed by atoms with Crippen LogP contribution in [-0.4, -0.2) is 248 Å². The van der Waals surface area contributed by atoms with Gasteiger partial charge in [0.2, 0.25) is 47.3 Å². The first kappa shape index (κ1) is 96.7. The predicted octanol–water partition coefficient (Wildman–Crippen LogP) is 6.18. The van der Waals surface area contributed by atoms with Crippen LogP contribution >= 0.6 is 0 Å². The molecule has 113 heavy (non-hydrogen) atoms. The Hall–Kier alpha value is -8.65. The number of rotatable bonds is 65. The Morgan fingerprint density at radius 2 is 0.681 bits per heavy atom. The van der Waals surface area contributed by atoms with Gasteiger partial charge in [-0.05, 0) is 191 Å². The van der Waals surface area contributed by atoms with Crippen molar-refractivity contribution in [3.63, 3.8) is 0 Å². The van der Waals surface area contributed by atoms with Gasteiger partial charge >= 0.3 is 5.97 Å². The number of carboxylic acid groups (broad SMARTS) is 1. The summed E-state index contributed by atoms with van der Waals surface area (Å²) >= 11 is 0. The van der Waals surface area contributed by atoms with Crippen molar-refractivity contribution in [3.05, 3.63) is 75.9 Å². The Morgan fingerprint density at radius 3 is 1.03 bits per heavy atom. The van der Waals surface area contributed by atoms with E-state index in [1.165, 1.54) is 76.8 Å². The molecule has 2 aliphatic rings. The van der Waals surface area contributed by atoms with Crippen LogP contribution in [0, 0.1) is 0 Å². The van der Waals surface area contributed by atoms with E-state index in [4.69, 9.17) is 50.3 Å². The fraction of sp³-hybridized carbons (Fsp3) is 0.651. The van der Waals surface area contributed by atoms with E-state index < -0.39 is 79.4 Å². The fourth-order valence-corrected chi connectivity index (χ4v) is 13.7. The lowest BCUT2D eigenvalue weighted by atomic mass is 9.90. The van der Waals surface area contributed by atoms with Gasteiger partial charge in [0.1, 0.15) is 17.1 Å². The third-order valence-corrected chi connectivity index (χ3v) is 20.3. The fourth-order valence-electron chi connectivity index (χ4n) is 13.7. The monoisotopic (exact) mass is 1580 g/mol. The number of nitrogens with two attached hydrogens (primary N) is 8. The number of nitrogens with one attached hydrogen (secondary N) is 1. The molecule has 4 rings (SSSR count). The van der Waals surface area contributed by atoms with Gasteiger partial charge < -0.3 is 100 Å². The van der Waals surface area contributed by atoms with Crippen molar-refractivity contribution in [1.29, 1.82) is 0 Å². The predicted molar refractivity (Wildman–Crippen MR) is 442 cm³/mol. The summed E-state index contributed by atoms with van der Waals surface area (Å²) in [5.74, 6) is -5.58. The summed E-state index contributed by atoms with van der Waals surface area (Å²) in [6.45, 7) is 2.41. The van der Waals surface area contributed by atoms with E-state index in [1.54, 1.807) is 12.1 Å². The highest BCUT2D eigenvalue weighted by Crippen LogP contribution is 2.42. The van der Waals surface area contributed by atoms with Crippen LogP contribution in [0.5, 0.6) is 5.75 Å². The van der Waals surface area contributed by atoms with Crippen molar-refractivity contribution in [2.45, 2.75) is 205 Å². The molecule has 1 heterocycles. The van der Waals surface area contributed by atoms with Crippen molar-refractivity contribution < 1.29 is 62.6 Å². The molecule has 0 saturated carbocycles. The molecule has 19 N–H and O–H groups in total. The average Bonchev–Trinajstić information content (AvgIpc) is 0.747. The number of primary amides is 1. The van der Waals surface area contributed by atoms with Gasteiger partial charge in [-0.15, -0.1) is 0 Å². The number of carbonyl (C=O) groups is 10. The molecule has 30 nitrogen and oxygen atoms in total. The quantitative estimate of drug-likeness (QED) is 0.0174. The molecule has 0 spiro atoms. The van der Waals surface area contributed by atoms with Gasteiger partial charge in [0, 0.05) is 93.0 Å². The maximum absolute atomic E-state index is 15.1. The lowest BCUT2D eigenvalue weighted by Crippen LogP contribution is -2.52. The molecule has 0 unspecified atom stereocenters. The molecule has 30 heteroatoms. The third-order valence-electron chi connectivity index (χ3n) is 20.3. The number of benzene rings is 3. The molecule has 0 aromatic heterocycles. The van der Waals surface area contributed by atoms with E-state index in [0.29, 0.717) is 152 Å². The van der Waals surface area contributed by atoms with Crippen LogP contribution in [0.3, 0.4) is 0 Å². The molecule has 2 aromatic carbocycles. The zero-order chi connectivity index (χ0) is 82.6. The molecule has 9 amide bonds. The third kappa shape index (κ3) is 37.5. The van der Waals surface area contributed by atoms with Crippen LogP contribution in [0.2, 0.25) is 0 Å². The Balaban J connectivity index is 1.59. The van der Waals surface area contributed by atoms with E-state index in [1.807, 2.05) is 0 Å². The summed E-state index contributed by atoms with van der Waals surface area (Å²) in [5, 5.41) is 24.1. The number of phenolic OH excluding ortho intramolecular Hbond substituents is 1. The summed E-state index contributed by atoms with van der Waals surface area (Å²) in [7, 11) is 0. The Labute approximate surface area is 668 Å². The number of fused-ring (bicyclic) bond motifs is 2. The Morgan fingerprint density at radius 1 is 0.354 bits per heavy atom. The first-order valence-corrected chi connectivity index (χ1v) is 41.6. The number of hydrogen-bond donors (Lipinski definition) is 11. The van der Waals surface area contributed by atoms with Gasteiger partial charge in [0.15, 0.2) is 5.43 Å². The van der Waals surface area contributed by atoms with E-state index in [-0.39, 0.29) is 124 Å². The summed E-state index contributed by atoms with van der Waals surface area (Å²) in [4.78, 5) is 165. The minimum atomic E-state index is -1.30. The lowest BCUT2D eigenvalue weighted by molar-refractivity contribution is -0.148. The summed E-state index contributed by atoms with van der Waals surface area (Å²) in [6, 6.07) is 12.9. The highest BCUT2D eigenvalue weighted by molar-refractivity contribution is 6.09. The van der Waals surface area contributed by atoms with Crippen LogP contribution in [0.25, 0.3) is 33.4 Å². The molecule has 632 valence electrons. The molecule has 2 aromatic rings. The topological polar surface area (TPSA) is 484 Å². The average molecular weight is 1580 g/mol. The van der Waals surface area contributed by atoms with Crippen LogP contribution in [0.4, 0.5) is 0 Å². The van der Waals surface area contributed by atoms with Crippen LogP contribution < -0.4 is 56.6 Å². The van der Waals surface area contributed by atoms with Gasteiger partial charge in [-0.25, -0.2) is 4.79 Å². The number of unbranched alkanes of at least 4 members (excludes halogenated alkanes) is 23. The highest BCUT2D eigenvalue weighted by atomic mass is 16.4. The molecule has 0 bridgehead atoms. The number of carbonyl (C=O) groups excluding carboxylic acids is 9. The smallest absolute Gasteiger partial charge is 0.336 e. The standard InChI is InChI=1S/C83H136N16O14/c84-39-17-1-8-25-47-93(57-73(91)102)75(104)59-95(49-27-10-3-19-41-86)77(106)61-97(51-29-12-5-21-43-88)79(108)63-99(53-31-14-7-23-45-90)80(109)62-98(52-30-13-6-22-44-89)78(107)60-96(50-28-11-4-20-42-87)76(105)58-94(48-26-9-2-18-40-85)74(103)32-16-15-24-46-92-82(110)64-33-36-67(70(54-64)83(111)112)81-68-37-34-65(100)55-71(68)113-72-56-66(101)35-38-69(72)81/h33-38,54-56,100H,1-32,39-53,57-63,84-90H2,(H2,91,102)(H,92,110)(H,111,112). The number of aromatic hydroxyl groups is 1. The maximum Gasteiger partial charge on any atom is 0.336 e. The van der Waals surface area contributed by atoms with Crippen molar-refractivity contribution in [1.82, 2.24) is 39.6 Å². The number of hydrogen-bond acceptors (Lipinski definition) is 20. The largest absolute Gasteiger partial charge is 0.508 e. The first-order chi connectivity index (χ1) is 54.6. The van der Waals surface area contributed by atoms with Crippen molar-refractivity contribution >= 4 is 70.1 Å². The van der Waals surface area contributed by atoms with E-state index >= 15 is 14.4 Å². The zero-order valence-corrected chi connectivity index (χ0v) is 67.4. The summed E-state index contributed by atoms with van der Waals surface area (Å²) < 4.78 is 5.96. The maximum atomic E-state index is 15.1. The van der Waals surface area contributed by atoms with Gasteiger partial charge in [0.25, 0.3) is 5.91 Å². The molecule has 0 saturated heterocycles. The number of amides is 9. The second kappa shape index (κ2) is 57.4. The second-order valence-corrected chi connectivity index (χ2v) is 29.5. The van der Waals surface area contributed by atoms with Gasteiger partial charge in [-0.3, -0.25) is 47.9 Å². The van der Waals surface area contributed by atoms with Gasteiger partial charge in [0.05, 0.1) is 51.4 Å². The molecule has 1 aliphatic heterocycles. The normalized spacial score (nSPS) is 11.2. The summed E-state index contributed by atoms with van der Waals surface area (Å²) in [6.07, 6.45) is 21.4. The Kier molecular flexibility index (Phi) is 49.1. The SMILES string of the molecule is NCCCCCCN(CC(N)=O)C(=O)CN(CCCCCCN)C(=O)CN(CCCCCCN)C(=O)CN(CCCCCCN)C(=O)CN(CCCCCCN)C(=O)CN(CCCCCCN)C(=O)CN(CCCCCCN)C(=O)CCCCCNC(=O)c1ccc(-c2c3ccc(=O)cc-3oc3cc(O)ccc23)c(C(=O)O)c1.